The van der Waals surface area contributed by atoms with Crippen molar-refractivity contribution in [3.63, 3.8) is 0 Å². The third-order valence-corrected chi connectivity index (χ3v) is 6.77. The third kappa shape index (κ3) is 3.08. The Hall–Kier alpha value is -4.11. The number of Topliss-reactive ketones (excluding diaryl/α,β-unsaturated/α-hetero) is 1. The molecule has 0 saturated carbocycles. The molecule has 0 aliphatic heterocycles. The maximum Gasteiger partial charge on any atom is 0.174 e. The van der Waals surface area contributed by atoms with Crippen LogP contribution in [-0.2, 0) is 14.1 Å². The van der Waals surface area contributed by atoms with Crippen molar-refractivity contribution in [3.05, 3.63) is 120 Å². The maximum atomic E-state index is 14.3. The molecule has 0 radical (unpaired) electrons. The summed E-state index contributed by atoms with van der Waals surface area (Å²) in [5.74, 6) is -0.281. The van der Waals surface area contributed by atoms with Crippen molar-refractivity contribution >= 4 is 38.4 Å². The molecule has 0 unspecified atom stereocenters. The van der Waals surface area contributed by atoms with Gasteiger partial charge in [0.15, 0.2) is 5.78 Å². The highest BCUT2D eigenvalue weighted by atomic mass is 16.1. The molecule has 0 spiro atoms. The molecular weight excluding hydrogens is 404 g/mol. The van der Waals surface area contributed by atoms with E-state index < -0.39 is 5.92 Å². The van der Waals surface area contributed by atoms with Gasteiger partial charge in [0.25, 0.3) is 0 Å². The van der Waals surface area contributed by atoms with Crippen molar-refractivity contribution in [2.24, 2.45) is 14.1 Å². The highest BCUT2D eigenvalue weighted by molar-refractivity contribution is 6.09. The molecule has 6 rings (SSSR count). The molecule has 4 aromatic carbocycles. The molecule has 0 saturated heterocycles. The van der Waals surface area contributed by atoms with Gasteiger partial charge in [0.2, 0.25) is 0 Å². The summed E-state index contributed by atoms with van der Waals surface area (Å²) in [5, 5.41) is 4.46. The number of aryl methyl sites for hydroxylation is 2. The average Bonchev–Trinajstić information content (AvgIpc) is 3.36. The maximum absolute atomic E-state index is 14.3. The Morgan fingerprint density at radius 2 is 1.15 bits per heavy atom. The minimum absolute atomic E-state index is 0.119. The van der Waals surface area contributed by atoms with Crippen molar-refractivity contribution < 1.29 is 4.79 Å². The van der Waals surface area contributed by atoms with E-state index in [4.69, 9.17) is 0 Å². The van der Waals surface area contributed by atoms with Gasteiger partial charge < -0.3 is 9.13 Å². The van der Waals surface area contributed by atoms with Crippen molar-refractivity contribution in [2.75, 3.05) is 0 Å². The number of benzene rings is 4. The minimum Gasteiger partial charge on any atom is -0.350 e. The fraction of sp³-hybridized carbons (Fsp3) is 0.100. The van der Waals surface area contributed by atoms with Crippen molar-refractivity contribution in [1.82, 2.24) is 9.13 Å². The van der Waals surface area contributed by atoms with Gasteiger partial charge in [-0.05, 0) is 40.1 Å². The number of fused-ring (bicyclic) bond motifs is 3. The molecule has 0 bridgehead atoms. The number of hydrogen-bond acceptors (Lipinski definition) is 1. The third-order valence-electron chi connectivity index (χ3n) is 6.77. The van der Waals surface area contributed by atoms with Crippen molar-refractivity contribution in [3.8, 4) is 0 Å². The number of ketones is 1. The van der Waals surface area contributed by atoms with Crippen LogP contribution in [0.2, 0.25) is 0 Å². The molecule has 2 aromatic heterocycles. The average molecular weight is 429 g/mol. The van der Waals surface area contributed by atoms with Gasteiger partial charge in [-0.2, -0.15) is 0 Å². The van der Waals surface area contributed by atoms with Crippen LogP contribution in [0.3, 0.4) is 0 Å². The second-order valence-corrected chi connectivity index (χ2v) is 8.78. The van der Waals surface area contributed by atoms with Crippen LogP contribution >= 0.6 is 0 Å². The number of carbonyl (C=O) groups excluding carboxylic acids is 1. The van der Waals surface area contributed by atoms with E-state index in [0.717, 1.165) is 49.3 Å². The molecule has 6 aromatic rings. The van der Waals surface area contributed by atoms with Gasteiger partial charge in [-0.25, -0.2) is 0 Å². The number of hydrogen-bond donors (Lipinski definition) is 0. The lowest BCUT2D eigenvalue weighted by molar-refractivity contribution is 0.0975. The first-order valence-corrected chi connectivity index (χ1v) is 11.2. The fourth-order valence-corrected chi connectivity index (χ4v) is 5.17. The highest BCUT2D eigenvalue weighted by Crippen LogP contribution is 2.38. The molecular formula is C30H24N2O. The Kier molecular flexibility index (Phi) is 4.44. The van der Waals surface area contributed by atoms with Gasteiger partial charge in [-0.1, -0.05) is 72.8 Å². The van der Waals surface area contributed by atoms with E-state index >= 15 is 0 Å². The molecule has 33 heavy (non-hydrogen) atoms. The normalized spacial score (nSPS) is 11.7. The first-order valence-electron chi connectivity index (χ1n) is 11.2. The van der Waals surface area contributed by atoms with E-state index in [1.54, 1.807) is 0 Å². The Morgan fingerprint density at radius 1 is 0.636 bits per heavy atom. The number of rotatable bonds is 4. The molecule has 0 aliphatic carbocycles. The standard InChI is InChI=1S/C30H24N2O/c1-31-18-25(23-11-5-7-13-27(23)31)29(26-19-32(2)28-14-8-6-12-24(26)28)30(33)22-16-15-20-9-3-4-10-21(20)17-22/h3-19,29H,1-2H3. The molecule has 0 aliphatic rings. The Morgan fingerprint density at radius 3 is 1.76 bits per heavy atom. The molecule has 0 amide bonds. The zero-order valence-corrected chi connectivity index (χ0v) is 18.7. The molecule has 2 heterocycles. The first kappa shape index (κ1) is 19.6. The number of nitrogens with zero attached hydrogens (tertiary/aromatic N) is 2. The lowest BCUT2D eigenvalue weighted by Crippen LogP contribution is -2.14. The number of aromatic nitrogens is 2. The Balaban J connectivity index is 1.62. The fourth-order valence-electron chi connectivity index (χ4n) is 5.17. The van der Waals surface area contributed by atoms with Crippen LogP contribution in [0.15, 0.2) is 103 Å². The summed E-state index contributed by atoms with van der Waals surface area (Å²) in [7, 11) is 4.10. The largest absolute Gasteiger partial charge is 0.350 e. The molecule has 3 nitrogen and oxygen atoms in total. The van der Waals surface area contributed by atoms with Crippen LogP contribution in [0.1, 0.15) is 27.4 Å². The van der Waals surface area contributed by atoms with Gasteiger partial charge in [0.05, 0.1) is 5.92 Å². The summed E-state index contributed by atoms with van der Waals surface area (Å²) in [5.41, 5.74) is 5.08. The zero-order chi connectivity index (χ0) is 22.5. The van der Waals surface area contributed by atoms with Crippen molar-refractivity contribution in [2.45, 2.75) is 5.92 Å². The van der Waals surface area contributed by atoms with Crippen molar-refractivity contribution in [1.29, 1.82) is 0 Å². The van der Waals surface area contributed by atoms with Crippen LogP contribution in [-0.4, -0.2) is 14.9 Å². The quantitative estimate of drug-likeness (QED) is 0.282. The van der Waals surface area contributed by atoms with E-state index in [0.29, 0.717) is 0 Å². The summed E-state index contributed by atoms with van der Waals surface area (Å²) < 4.78 is 4.24. The predicted octanol–water partition coefficient (Wildman–Crippen LogP) is 6.84. The second-order valence-electron chi connectivity index (χ2n) is 8.78. The summed E-state index contributed by atoms with van der Waals surface area (Å²) >= 11 is 0. The summed E-state index contributed by atoms with van der Waals surface area (Å²) in [6, 6.07) is 30.9. The van der Waals surface area contributed by atoms with Crippen LogP contribution in [0.5, 0.6) is 0 Å². The summed E-state index contributed by atoms with van der Waals surface area (Å²) in [6.45, 7) is 0. The van der Waals surface area contributed by atoms with Gasteiger partial charge in [-0.3, -0.25) is 4.79 Å². The van der Waals surface area contributed by atoms with E-state index in [9.17, 15) is 4.79 Å². The van der Waals surface area contributed by atoms with Gasteiger partial charge in [0.1, 0.15) is 0 Å². The molecule has 160 valence electrons. The van der Waals surface area contributed by atoms with Gasteiger partial charge in [0, 0.05) is 53.9 Å². The lowest BCUT2D eigenvalue weighted by atomic mass is 9.84. The second kappa shape index (κ2) is 7.49. The Labute approximate surface area is 192 Å². The Bertz CT molecular complexity index is 1590. The molecule has 3 heteroatoms. The summed E-state index contributed by atoms with van der Waals surface area (Å²) in [6.07, 6.45) is 4.24. The van der Waals surface area contributed by atoms with Crippen LogP contribution in [0, 0.1) is 0 Å². The monoisotopic (exact) mass is 428 g/mol. The van der Waals surface area contributed by atoms with Crippen LogP contribution < -0.4 is 0 Å². The SMILES string of the molecule is Cn1cc(C(C(=O)c2ccc3ccccc3c2)c2cn(C)c3ccccc23)c2ccccc21. The van der Waals surface area contributed by atoms with Gasteiger partial charge >= 0.3 is 0 Å². The number of para-hydroxylation sites is 2. The molecule has 0 atom stereocenters. The van der Waals surface area contributed by atoms with Crippen LogP contribution in [0.25, 0.3) is 32.6 Å². The first-order chi connectivity index (χ1) is 16.1. The minimum atomic E-state index is -0.400. The lowest BCUT2D eigenvalue weighted by Gasteiger charge is -2.16. The van der Waals surface area contributed by atoms with E-state index in [1.807, 2.05) is 68.7 Å². The smallest absolute Gasteiger partial charge is 0.174 e. The predicted molar refractivity (Wildman–Crippen MR) is 136 cm³/mol. The van der Waals surface area contributed by atoms with E-state index in [-0.39, 0.29) is 5.78 Å². The zero-order valence-electron chi connectivity index (χ0n) is 18.7. The molecule has 0 fully saturated rings. The topological polar surface area (TPSA) is 26.9 Å². The van der Waals surface area contributed by atoms with E-state index in [2.05, 4.69) is 57.9 Å². The summed E-state index contributed by atoms with van der Waals surface area (Å²) in [4.78, 5) is 14.3. The van der Waals surface area contributed by atoms with Crippen LogP contribution in [0.4, 0.5) is 0 Å². The highest BCUT2D eigenvalue weighted by Gasteiger charge is 2.30. The number of carbonyl (C=O) groups is 1. The molecule has 0 N–H and O–H groups in total. The van der Waals surface area contributed by atoms with Gasteiger partial charge in [-0.15, -0.1) is 0 Å². The van der Waals surface area contributed by atoms with E-state index in [1.165, 1.54) is 0 Å².